The first-order valence-electron chi connectivity index (χ1n) is 5.17. The Morgan fingerprint density at radius 3 is 2.85 bits per heavy atom. The van der Waals surface area contributed by atoms with Gasteiger partial charge in [-0.1, -0.05) is 0 Å². The third kappa shape index (κ3) is 4.30. The topological polar surface area (TPSA) is 21.3 Å². The van der Waals surface area contributed by atoms with Crippen LogP contribution in [0.25, 0.3) is 0 Å². The summed E-state index contributed by atoms with van der Waals surface area (Å²) in [6.07, 6.45) is 4.31. The minimum absolute atomic E-state index is 0.424. The van der Waals surface area contributed by atoms with E-state index in [0.717, 1.165) is 18.8 Å². The third-order valence-electron chi connectivity index (χ3n) is 2.56. The third-order valence-corrected chi connectivity index (χ3v) is 2.77. The largest absolute Gasteiger partial charge is 0.374 e. The summed E-state index contributed by atoms with van der Waals surface area (Å²) in [6, 6.07) is 0.511. The van der Waals surface area contributed by atoms with Crippen molar-refractivity contribution in [2.75, 3.05) is 12.4 Å². The van der Waals surface area contributed by atoms with Crippen molar-refractivity contribution >= 4 is 11.6 Å². The van der Waals surface area contributed by atoms with Crippen LogP contribution in [0.3, 0.4) is 0 Å². The molecule has 0 aromatic carbocycles. The Hall–Kier alpha value is 0.210. The Bertz CT molecular complexity index is 143. The summed E-state index contributed by atoms with van der Waals surface area (Å²) in [4.78, 5) is 0. The molecule has 3 unspecified atom stereocenters. The van der Waals surface area contributed by atoms with Crippen molar-refractivity contribution in [2.24, 2.45) is 0 Å². The Labute approximate surface area is 86.0 Å². The molecule has 1 heterocycles. The number of hydrogen-bond acceptors (Lipinski definition) is 2. The lowest BCUT2D eigenvalue weighted by Crippen LogP contribution is -2.34. The zero-order chi connectivity index (χ0) is 9.68. The minimum atomic E-state index is 0.424. The van der Waals surface area contributed by atoms with Crippen LogP contribution in [0.4, 0.5) is 0 Å². The fourth-order valence-electron chi connectivity index (χ4n) is 1.63. The Morgan fingerprint density at radius 1 is 1.54 bits per heavy atom. The standard InChI is InChI=1S/C10H20ClNO/c1-8(5-6-11)12-7-10-4-3-9(2)13-10/h8-10,12H,3-7H2,1-2H3. The lowest BCUT2D eigenvalue weighted by atomic mass is 10.2. The minimum Gasteiger partial charge on any atom is -0.374 e. The number of rotatable bonds is 5. The SMILES string of the molecule is CC(CCCl)NCC1CCC(C)O1. The molecular formula is C10H20ClNO. The Balaban J connectivity index is 2.05. The van der Waals surface area contributed by atoms with Crippen molar-refractivity contribution in [1.82, 2.24) is 5.32 Å². The van der Waals surface area contributed by atoms with Gasteiger partial charge < -0.3 is 10.1 Å². The van der Waals surface area contributed by atoms with E-state index in [1.54, 1.807) is 0 Å². The molecule has 1 saturated heterocycles. The van der Waals surface area contributed by atoms with E-state index in [9.17, 15) is 0 Å². The molecule has 0 saturated carbocycles. The van der Waals surface area contributed by atoms with Gasteiger partial charge in [-0.25, -0.2) is 0 Å². The molecule has 1 fully saturated rings. The predicted octanol–water partition coefficient (Wildman–Crippen LogP) is 2.16. The van der Waals surface area contributed by atoms with Gasteiger partial charge in [-0.3, -0.25) is 0 Å². The molecule has 13 heavy (non-hydrogen) atoms. The monoisotopic (exact) mass is 205 g/mol. The number of halogens is 1. The maximum Gasteiger partial charge on any atom is 0.0704 e. The van der Waals surface area contributed by atoms with Crippen LogP contribution in [0.2, 0.25) is 0 Å². The van der Waals surface area contributed by atoms with Crippen molar-refractivity contribution in [1.29, 1.82) is 0 Å². The quantitative estimate of drug-likeness (QED) is 0.695. The normalized spacial score (nSPS) is 30.7. The highest BCUT2D eigenvalue weighted by Crippen LogP contribution is 2.18. The molecule has 78 valence electrons. The maximum absolute atomic E-state index is 5.69. The molecular weight excluding hydrogens is 186 g/mol. The molecule has 3 atom stereocenters. The fourth-order valence-corrected chi connectivity index (χ4v) is 1.96. The van der Waals surface area contributed by atoms with Gasteiger partial charge in [-0.15, -0.1) is 11.6 Å². The van der Waals surface area contributed by atoms with Crippen LogP contribution in [0, 0.1) is 0 Å². The lowest BCUT2D eigenvalue weighted by Gasteiger charge is -2.16. The lowest BCUT2D eigenvalue weighted by molar-refractivity contribution is 0.0546. The van der Waals surface area contributed by atoms with Crippen LogP contribution in [-0.4, -0.2) is 30.7 Å². The van der Waals surface area contributed by atoms with Gasteiger partial charge in [0.05, 0.1) is 12.2 Å². The Morgan fingerprint density at radius 2 is 2.31 bits per heavy atom. The summed E-state index contributed by atoms with van der Waals surface area (Å²) in [6.45, 7) is 5.28. The summed E-state index contributed by atoms with van der Waals surface area (Å²) < 4.78 is 5.69. The highest BCUT2D eigenvalue weighted by molar-refractivity contribution is 6.17. The van der Waals surface area contributed by atoms with Crippen LogP contribution in [-0.2, 0) is 4.74 Å². The van der Waals surface area contributed by atoms with Gasteiger partial charge in [-0.2, -0.15) is 0 Å². The molecule has 0 amide bonds. The molecule has 1 aliphatic heterocycles. The highest BCUT2D eigenvalue weighted by atomic mass is 35.5. The first-order chi connectivity index (χ1) is 6.22. The van der Waals surface area contributed by atoms with E-state index in [1.807, 2.05) is 0 Å². The Kier molecular flexibility index (Phi) is 5.07. The van der Waals surface area contributed by atoms with E-state index in [4.69, 9.17) is 16.3 Å². The van der Waals surface area contributed by atoms with Gasteiger partial charge in [-0.05, 0) is 33.1 Å². The second-order valence-corrected chi connectivity index (χ2v) is 4.31. The molecule has 1 N–H and O–H groups in total. The van der Waals surface area contributed by atoms with Crippen LogP contribution >= 0.6 is 11.6 Å². The van der Waals surface area contributed by atoms with Gasteiger partial charge in [0.2, 0.25) is 0 Å². The molecule has 1 rings (SSSR count). The first kappa shape index (κ1) is 11.3. The van der Waals surface area contributed by atoms with Crippen molar-refractivity contribution in [2.45, 2.75) is 51.4 Å². The van der Waals surface area contributed by atoms with Crippen LogP contribution < -0.4 is 5.32 Å². The summed E-state index contributed by atoms with van der Waals surface area (Å²) in [5.74, 6) is 0.732. The zero-order valence-electron chi connectivity index (χ0n) is 8.55. The molecule has 1 aliphatic rings. The van der Waals surface area contributed by atoms with Crippen LogP contribution in [0.1, 0.15) is 33.1 Å². The second kappa shape index (κ2) is 5.84. The predicted molar refractivity (Wildman–Crippen MR) is 56.4 cm³/mol. The highest BCUT2D eigenvalue weighted by Gasteiger charge is 2.21. The van der Waals surface area contributed by atoms with E-state index in [2.05, 4.69) is 19.2 Å². The molecule has 0 aliphatic carbocycles. The molecule has 3 heteroatoms. The number of ether oxygens (including phenoxy) is 1. The second-order valence-electron chi connectivity index (χ2n) is 3.93. The molecule has 0 aromatic rings. The molecule has 0 spiro atoms. The van der Waals surface area contributed by atoms with E-state index in [1.165, 1.54) is 12.8 Å². The average Bonchev–Trinajstić information content (AvgIpc) is 2.49. The first-order valence-corrected chi connectivity index (χ1v) is 5.70. The molecule has 0 radical (unpaired) electrons. The van der Waals surface area contributed by atoms with Crippen LogP contribution in [0.15, 0.2) is 0 Å². The number of nitrogens with one attached hydrogen (secondary N) is 1. The van der Waals surface area contributed by atoms with Crippen molar-refractivity contribution in [3.05, 3.63) is 0 Å². The van der Waals surface area contributed by atoms with Gasteiger partial charge in [0.15, 0.2) is 0 Å². The van der Waals surface area contributed by atoms with Gasteiger partial charge in [0.25, 0.3) is 0 Å². The summed E-state index contributed by atoms with van der Waals surface area (Å²) in [7, 11) is 0. The van der Waals surface area contributed by atoms with Crippen molar-refractivity contribution in [3.63, 3.8) is 0 Å². The summed E-state index contributed by atoms with van der Waals surface area (Å²) >= 11 is 5.64. The summed E-state index contributed by atoms with van der Waals surface area (Å²) in [5.41, 5.74) is 0. The van der Waals surface area contributed by atoms with Gasteiger partial charge >= 0.3 is 0 Å². The van der Waals surface area contributed by atoms with Gasteiger partial charge in [0.1, 0.15) is 0 Å². The summed E-state index contributed by atoms with van der Waals surface area (Å²) in [5, 5.41) is 3.44. The van der Waals surface area contributed by atoms with E-state index >= 15 is 0 Å². The maximum atomic E-state index is 5.69. The molecule has 2 nitrogen and oxygen atoms in total. The fraction of sp³-hybridized carbons (Fsp3) is 1.00. The van der Waals surface area contributed by atoms with Crippen molar-refractivity contribution < 1.29 is 4.74 Å². The van der Waals surface area contributed by atoms with E-state index in [0.29, 0.717) is 18.2 Å². The van der Waals surface area contributed by atoms with Gasteiger partial charge in [0, 0.05) is 18.5 Å². The van der Waals surface area contributed by atoms with E-state index in [-0.39, 0.29) is 0 Å². The number of alkyl halides is 1. The average molecular weight is 206 g/mol. The van der Waals surface area contributed by atoms with Crippen LogP contribution in [0.5, 0.6) is 0 Å². The number of hydrogen-bond donors (Lipinski definition) is 1. The smallest absolute Gasteiger partial charge is 0.0704 e. The molecule has 0 bridgehead atoms. The van der Waals surface area contributed by atoms with E-state index < -0.39 is 0 Å². The molecule has 0 aromatic heterocycles. The van der Waals surface area contributed by atoms with Crippen molar-refractivity contribution in [3.8, 4) is 0 Å². The zero-order valence-corrected chi connectivity index (χ0v) is 9.31.